The van der Waals surface area contributed by atoms with Crippen LogP contribution in [0.1, 0.15) is 31.4 Å². The van der Waals surface area contributed by atoms with E-state index in [0.29, 0.717) is 38.9 Å². The SMILES string of the molecule is CCOC(=O)C1=C(C)N=c2s/c(=C\c3ccc(-c4ccc([N+](=O)[O-])cc4)o3)c(=O)n2[C@@H]1c1ccc(-c2cccc([N+](=O)[O-])c2)o1. The number of nitro groups is 2. The largest absolute Gasteiger partial charge is 0.463 e. The minimum atomic E-state index is -1.03. The zero-order chi connectivity index (χ0) is 31.8. The molecule has 0 radical (unpaired) electrons. The predicted octanol–water partition coefficient (Wildman–Crippen LogP) is 5.13. The van der Waals surface area contributed by atoms with Crippen molar-refractivity contribution in [3.63, 3.8) is 0 Å². The summed E-state index contributed by atoms with van der Waals surface area (Å²) in [5, 5.41) is 22.3. The van der Waals surface area contributed by atoms with Crippen molar-refractivity contribution in [2.75, 3.05) is 6.61 Å². The van der Waals surface area contributed by atoms with E-state index in [1.807, 2.05) is 0 Å². The molecule has 45 heavy (non-hydrogen) atoms. The van der Waals surface area contributed by atoms with Gasteiger partial charge >= 0.3 is 5.97 Å². The summed E-state index contributed by atoms with van der Waals surface area (Å²) in [6, 6.07) is 17.4. The molecule has 0 bridgehead atoms. The second kappa shape index (κ2) is 11.7. The Morgan fingerprint density at radius 3 is 2.40 bits per heavy atom. The lowest BCUT2D eigenvalue weighted by atomic mass is 10.0. The van der Waals surface area contributed by atoms with E-state index in [1.54, 1.807) is 62.4 Å². The van der Waals surface area contributed by atoms with Crippen molar-refractivity contribution < 1.29 is 28.2 Å². The molecule has 2 aromatic carbocycles. The molecule has 0 N–H and O–H groups in total. The van der Waals surface area contributed by atoms with Crippen LogP contribution in [0.4, 0.5) is 11.4 Å². The number of nitro benzene ring substituents is 2. The van der Waals surface area contributed by atoms with Crippen molar-refractivity contribution in [1.29, 1.82) is 0 Å². The van der Waals surface area contributed by atoms with Crippen LogP contribution in [-0.4, -0.2) is 27.0 Å². The zero-order valence-electron chi connectivity index (χ0n) is 23.7. The molecule has 1 atom stereocenters. The van der Waals surface area contributed by atoms with E-state index in [-0.39, 0.29) is 33.8 Å². The fourth-order valence-corrected chi connectivity index (χ4v) is 5.98. The lowest BCUT2D eigenvalue weighted by Crippen LogP contribution is -2.39. The number of benzene rings is 2. The van der Waals surface area contributed by atoms with Crippen molar-refractivity contribution in [3.8, 4) is 22.6 Å². The Bertz CT molecular complexity index is 2200. The quantitative estimate of drug-likeness (QED) is 0.128. The molecule has 0 aliphatic carbocycles. The first-order valence-electron chi connectivity index (χ1n) is 13.5. The van der Waals surface area contributed by atoms with E-state index in [0.717, 1.165) is 11.3 Å². The summed E-state index contributed by atoms with van der Waals surface area (Å²) in [7, 11) is 0. The summed E-state index contributed by atoms with van der Waals surface area (Å²) in [4.78, 5) is 53.2. The van der Waals surface area contributed by atoms with Gasteiger partial charge < -0.3 is 13.6 Å². The summed E-state index contributed by atoms with van der Waals surface area (Å²) in [5.74, 6) is 0.692. The first kappa shape index (κ1) is 29.2. The van der Waals surface area contributed by atoms with Crippen LogP contribution in [0.2, 0.25) is 0 Å². The Morgan fingerprint density at radius 2 is 1.69 bits per heavy atom. The third-order valence-corrected chi connectivity index (χ3v) is 8.00. The van der Waals surface area contributed by atoms with E-state index in [4.69, 9.17) is 13.6 Å². The fraction of sp³-hybridized carbons (Fsp3) is 0.129. The van der Waals surface area contributed by atoms with E-state index >= 15 is 0 Å². The number of aromatic nitrogens is 1. The highest BCUT2D eigenvalue weighted by Crippen LogP contribution is 2.35. The van der Waals surface area contributed by atoms with Gasteiger partial charge in [0.05, 0.1) is 32.3 Å². The maximum absolute atomic E-state index is 13.9. The Morgan fingerprint density at radius 1 is 0.978 bits per heavy atom. The monoisotopic (exact) mass is 626 g/mol. The van der Waals surface area contributed by atoms with Crippen molar-refractivity contribution in [3.05, 3.63) is 136 Å². The number of allylic oxidation sites excluding steroid dienone is 1. The van der Waals surface area contributed by atoms with E-state index in [9.17, 15) is 29.8 Å². The number of hydrogen-bond donors (Lipinski definition) is 0. The molecule has 226 valence electrons. The summed E-state index contributed by atoms with van der Waals surface area (Å²) < 4.78 is 19.0. The van der Waals surface area contributed by atoms with E-state index in [2.05, 4.69) is 4.99 Å². The highest BCUT2D eigenvalue weighted by molar-refractivity contribution is 7.07. The van der Waals surface area contributed by atoms with Gasteiger partial charge in [0.15, 0.2) is 4.80 Å². The molecule has 0 spiro atoms. The second-order valence-electron chi connectivity index (χ2n) is 9.82. The zero-order valence-corrected chi connectivity index (χ0v) is 24.5. The maximum Gasteiger partial charge on any atom is 0.338 e. The van der Waals surface area contributed by atoms with Gasteiger partial charge in [-0.25, -0.2) is 9.79 Å². The first-order chi connectivity index (χ1) is 21.6. The van der Waals surface area contributed by atoms with Crippen LogP contribution in [0, 0.1) is 20.2 Å². The van der Waals surface area contributed by atoms with Crippen LogP contribution < -0.4 is 14.9 Å². The third kappa shape index (κ3) is 5.49. The normalized spacial score (nSPS) is 14.6. The number of esters is 1. The summed E-state index contributed by atoms with van der Waals surface area (Å²) in [6.07, 6.45) is 1.55. The number of ether oxygens (including phenoxy) is 1. The van der Waals surface area contributed by atoms with Crippen LogP contribution >= 0.6 is 11.3 Å². The Balaban J connectivity index is 1.43. The molecule has 1 aliphatic rings. The fourth-order valence-electron chi connectivity index (χ4n) is 4.95. The van der Waals surface area contributed by atoms with Gasteiger partial charge in [0.25, 0.3) is 16.9 Å². The van der Waals surface area contributed by atoms with Gasteiger partial charge in [-0.2, -0.15) is 0 Å². The molecule has 5 aromatic rings. The van der Waals surface area contributed by atoms with Crippen LogP contribution in [0.25, 0.3) is 28.7 Å². The van der Waals surface area contributed by atoms with Gasteiger partial charge in [-0.15, -0.1) is 0 Å². The smallest absolute Gasteiger partial charge is 0.338 e. The molecule has 0 saturated heterocycles. The average molecular weight is 627 g/mol. The highest BCUT2D eigenvalue weighted by Gasteiger charge is 2.35. The number of hydrogen-bond acceptors (Lipinski definition) is 11. The van der Waals surface area contributed by atoms with Gasteiger partial charge in [-0.3, -0.25) is 29.6 Å². The molecule has 0 unspecified atom stereocenters. The van der Waals surface area contributed by atoms with Crippen LogP contribution in [0.3, 0.4) is 0 Å². The molecule has 4 heterocycles. The summed E-state index contributed by atoms with van der Waals surface area (Å²) in [6.45, 7) is 3.41. The molecule has 13 nitrogen and oxygen atoms in total. The first-order valence-corrected chi connectivity index (χ1v) is 14.3. The van der Waals surface area contributed by atoms with Crippen LogP contribution in [0.15, 0.2) is 103 Å². The molecular formula is C31H22N4O9S. The number of carbonyl (C=O) groups excluding carboxylic acids is 1. The molecule has 0 saturated carbocycles. The topological polar surface area (TPSA) is 173 Å². The number of non-ortho nitro benzene ring substituents is 2. The van der Waals surface area contributed by atoms with Gasteiger partial charge in [0.2, 0.25) is 0 Å². The molecule has 3 aromatic heterocycles. The number of fused-ring (bicyclic) bond motifs is 1. The van der Waals surface area contributed by atoms with E-state index < -0.39 is 27.4 Å². The predicted molar refractivity (Wildman–Crippen MR) is 162 cm³/mol. The molecule has 14 heteroatoms. The molecule has 6 rings (SSSR count). The van der Waals surface area contributed by atoms with Gasteiger partial charge in [0.1, 0.15) is 29.1 Å². The summed E-state index contributed by atoms with van der Waals surface area (Å²) >= 11 is 1.09. The van der Waals surface area contributed by atoms with Gasteiger partial charge in [-0.05, 0) is 50.2 Å². The Hall–Kier alpha value is -5.89. The maximum atomic E-state index is 13.9. The Kier molecular flexibility index (Phi) is 7.56. The van der Waals surface area contributed by atoms with E-state index in [1.165, 1.54) is 34.9 Å². The van der Waals surface area contributed by atoms with Crippen molar-refractivity contribution in [2.45, 2.75) is 19.9 Å². The van der Waals surface area contributed by atoms with Gasteiger partial charge in [0, 0.05) is 41.5 Å². The lowest BCUT2D eigenvalue weighted by molar-refractivity contribution is -0.385. The Labute approximate surface area is 256 Å². The molecule has 0 fully saturated rings. The minimum absolute atomic E-state index is 0.0487. The highest BCUT2D eigenvalue weighted by atomic mass is 32.1. The number of rotatable bonds is 8. The average Bonchev–Trinajstić information content (AvgIpc) is 3.77. The minimum Gasteiger partial charge on any atom is -0.463 e. The second-order valence-corrected chi connectivity index (χ2v) is 10.8. The van der Waals surface area contributed by atoms with Crippen molar-refractivity contribution >= 4 is 34.8 Å². The molecule has 0 amide bonds. The van der Waals surface area contributed by atoms with Gasteiger partial charge in [-0.1, -0.05) is 23.5 Å². The van der Waals surface area contributed by atoms with Crippen LogP contribution in [-0.2, 0) is 9.53 Å². The third-order valence-electron chi connectivity index (χ3n) is 7.02. The number of nitrogens with zero attached hydrogens (tertiary/aromatic N) is 4. The lowest BCUT2D eigenvalue weighted by Gasteiger charge is -2.22. The molecule has 1 aliphatic heterocycles. The van der Waals surface area contributed by atoms with Crippen LogP contribution in [0.5, 0.6) is 0 Å². The van der Waals surface area contributed by atoms with Crippen molar-refractivity contribution in [2.24, 2.45) is 4.99 Å². The summed E-state index contributed by atoms with van der Waals surface area (Å²) in [5.41, 5.74) is 0.909. The number of furan rings is 2. The number of carbonyl (C=O) groups is 1. The van der Waals surface area contributed by atoms with Crippen molar-refractivity contribution in [1.82, 2.24) is 4.57 Å². The molecular weight excluding hydrogens is 604 g/mol. The standard InChI is InChI=1S/C31H22N4O9S/c1-3-42-30(37)27-17(2)32-31-33(28(27)25-14-13-24(44-25)19-5-4-6-21(15-19)35(40)41)29(36)26(45-31)16-22-11-12-23(43-22)18-7-9-20(10-8-18)34(38)39/h4-16,28H,3H2,1-2H3/b26-16-/t28-/m1/s1. The number of thiazole rings is 1.